The topological polar surface area (TPSA) is 40.5 Å². The van der Waals surface area contributed by atoms with Gasteiger partial charge in [0.15, 0.2) is 5.78 Å². The number of aliphatic hydroxyl groups is 1. The number of ketones is 1. The van der Waals surface area contributed by atoms with Gasteiger partial charge < -0.3 is 5.11 Å². The molecule has 1 atom stereocenters. The largest absolute Gasteiger partial charge is 0.392 e. The van der Waals surface area contributed by atoms with Crippen LogP contribution in [0.4, 0.5) is 0 Å². The number of hydrogen-bond acceptors (Lipinski definition) is 3. The van der Waals surface area contributed by atoms with Crippen LogP contribution in [0.2, 0.25) is 0 Å². The summed E-state index contributed by atoms with van der Waals surface area (Å²) in [6.07, 6.45) is 1.56. The van der Waals surface area contributed by atoms with Crippen LogP contribution < -0.4 is 0 Å². The zero-order valence-corrected chi connectivity index (χ0v) is 11.8. The molecule has 1 aromatic carbocycles. The number of carbonyl (C=O) groups is 1. The molecule has 1 aliphatic heterocycles. The zero-order chi connectivity index (χ0) is 12.3. The number of halogens is 1. The molecular weight excluding hydrogens is 329 g/mol. The van der Waals surface area contributed by atoms with E-state index in [0.29, 0.717) is 13.1 Å². The Hall–Kier alpha value is -0.460. The summed E-state index contributed by atoms with van der Waals surface area (Å²) in [6, 6.07) is 7.62. The number of likely N-dealkylation sites (tertiary alicyclic amines) is 1. The molecule has 4 heteroatoms. The molecule has 0 aromatic heterocycles. The van der Waals surface area contributed by atoms with Crippen molar-refractivity contribution in [1.82, 2.24) is 4.90 Å². The highest BCUT2D eigenvalue weighted by molar-refractivity contribution is 14.1. The Kier molecular flexibility index (Phi) is 4.53. The van der Waals surface area contributed by atoms with Crippen molar-refractivity contribution >= 4 is 28.4 Å². The van der Waals surface area contributed by atoms with Gasteiger partial charge in [0.25, 0.3) is 0 Å². The second kappa shape index (κ2) is 5.93. The molecule has 1 N–H and O–H groups in total. The normalized spacial score (nSPS) is 21.4. The van der Waals surface area contributed by atoms with Crippen LogP contribution >= 0.6 is 22.6 Å². The van der Waals surface area contributed by atoms with Gasteiger partial charge in [-0.05, 0) is 54.1 Å². The predicted molar refractivity (Wildman–Crippen MR) is 75.2 cm³/mol. The Morgan fingerprint density at radius 1 is 1.41 bits per heavy atom. The van der Waals surface area contributed by atoms with Gasteiger partial charge in [-0.3, -0.25) is 9.69 Å². The number of benzene rings is 1. The third-order valence-corrected chi connectivity index (χ3v) is 3.73. The number of β-amino-alcohol motifs (C(OH)–C–C–N with tert-alkyl or cyclic N) is 1. The number of aliphatic hydroxyl groups excluding tert-OH is 1. The second-order valence-corrected chi connectivity index (χ2v) is 5.71. The molecule has 0 spiro atoms. The monoisotopic (exact) mass is 345 g/mol. The van der Waals surface area contributed by atoms with Gasteiger partial charge in [-0.1, -0.05) is 12.1 Å². The van der Waals surface area contributed by atoms with E-state index in [1.165, 1.54) is 0 Å². The molecule has 17 heavy (non-hydrogen) atoms. The maximum Gasteiger partial charge on any atom is 0.176 e. The van der Waals surface area contributed by atoms with E-state index >= 15 is 0 Å². The van der Waals surface area contributed by atoms with E-state index in [-0.39, 0.29) is 11.9 Å². The number of nitrogens with zero attached hydrogens (tertiary/aromatic N) is 1. The molecule has 92 valence electrons. The minimum atomic E-state index is -0.270. The van der Waals surface area contributed by atoms with Gasteiger partial charge in [-0.15, -0.1) is 0 Å². The van der Waals surface area contributed by atoms with Crippen LogP contribution in [-0.4, -0.2) is 41.5 Å². The Morgan fingerprint density at radius 3 is 2.76 bits per heavy atom. The van der Waals surface area contributed by atoms with Crippen molar-refractivity contribution in [2.45, 2.75) is 18.9 Å². The number of Topliss-reactive ketones (excluding diaryl/α,β-unsaturated/α-hetero) is 1. The SMILES string of the molecule is O=C(CN1CCCC(O)C1)c1ccc(I)cc1. The van der Waals surface area contributed by atoms with Crippen molar-refractivity contribution in [2.24, 2.45) is 0 Å². The fourth-order valence-electron chi connectivity index (χ4n) is 2.10. The summed E-state index contributed by atoms with van der Waals surface area (Å²) in [5.41, 5.74) is 0.755. The maximum atomic E-state index is 12.0. The molecule has 0 amide bonds. The highest BCUT2D eigenvalue weighted by Crippen LogP contribution is 2.12. The molecule has 1 aromatic rings. The second-order valence-electron chi connectivity index (χ2n) is 4.46. The van der Waals surface area contributed by atoms with Gasteiger partial charge in [-0.2, -0.15) is 0 Å². The molecule has 1 fully saturated rings. The Morgan fingerprint density at radius 2 is 2.12 bits per heavy atom. The van der Waals surface area contributed by atoms with Crippen molar-refractivity contribution < 1.29 is 9.90 Å². The van der Waals surface area contributed by atoms with Crippen LogP contribution in [0.1, 0.15) is 23.2 Å². The lowest BCUT2D eigenvalue weighted by molar-refractivity contribution is 0.0634. The molecule has 2 rings (SSSR count). The third kappa shape index (κ3) is 3.76. The number of piperidine rings is 1. The molecule has 1 saturated heterocycles. The van der Waals surface area contributed by atoms with Crippen LogP contribution in [-0.2, 0) is 0 Å². The fraction of sp³-hybridized carbons (Fsp3) is 0.462. The minimum Gasteiger partial charge on any atom is -0.392 e. The first-order valence-electron chi connectivity index (χ1n) is 5.84. The van der Waals surface area contributed by atoms with Gasteiger partial charge in [0, 0.05) is 15.7 Å². The number of rotatable bonds is 3. The molecule has 0 radical (unpaired) electrons. The van der Waals surface area contributed by atoms with Crippen LogP contribution in [0.5, 0.6) is 0 Å². The smallest absolute Gasteiger partial charge is 0.176 e. The summed E-state index contributed by atoms with van der Waals surface area (Å²) >= 11 is 2.22. The zero-order valence-electron chi connectivity index (χ0n) is 9.60. The van der Waals surface area contributed by atoms with Gasteiger partial charge in [0.2, 0.25) is 0 Å². The summed E-state index contributed by atoms with van der Waals surface area (Å²) in [4.78, 5) is 14.0. The van der Waals surface area contributed by atoms with Crippen LogP contribution in [0, 0.1) is 3.57 Å². The molecule has 1 heterocycles. The standard InChI is InChI=1S/C13H16INO2/c14-11-5-3-10(4-6-11)13(17)9-15-7-1-2-12(16)8-15/h3-6,12,16H,1-2,7-9H2. The van der Waals surface area contributed by atoms with E-state index < -0.39 is 0 Å². The molecule has 0 aliphatic carbocycles. The lowest BCUT2D eigenvalue weighted by atomic mass is 10.1. The molecule has 0 saturated carbocycles. The summed E-state index contributed by atoms with van der Waals surface area (Å²) in [5, 5.41) is 9.55. The first-order chi connectivity index (χ1) is 8.15. The number of carbonyl (C=O) groups excluding carboxylic acids is 1. The van der Waals surface area contributed by atoms with Crippen molar-refractivity contribution in [1.29, 1.82) is 0 Å². The number of hydrogen-bond donors (Lipinski definition) is 1. The van der Waals surface area contributed by atoms with E-state index in [2.05, 4.69) is 22.6 Å². The van der Waals surface area contributed by atoms with Crippen molar-refractivity contribution in [3.8, 4) is 0 Å². The lowest BCUT2D eigenvalue weighted by Crippen LogP contribution is -2.41. The van der Waals surface area contributed by atoms with E-state index in [4.69, 9.17) is 0 Å². The van der Waals surface area contributed by atoms with E-state index in [0.717, 1.165) is 28.5 Å². The average molecular weight is 345 g/mol. The predicted octanol–water partition coefficient (Wildman–Crippen LogP) is 1.93. The Balaban J connectivity index is 1.94. The van der Waals surface area contributed by atoms with E-state index in [1.807, 2.05) is 29.2 Å². The van der Waals surface area contributed by atoms with Crippen LogP contribution in [0.3, 0.4) is 0 Å². The average Bonchev–Trinajstić information content (AvgIpc) is 2.29. The minimum absolute atomic E-state index is 0.135. The van der Waals surface area contributed by atoms with Crippen molar-refractivity contribution in [2.75, 3.05) is 19.6 Å². The maximum absolute atomic E-state index is 12.0. The summed E-state index contributed by atoms with van der Waals surface area (Å²) in [5.74, 6) is 0.135. The highest BCUT2D eigenvalue weighted by atomic mass is 127. The van der Waals surface area contributed by atoms with Crippen molar-refractivity contribution in [3.05, 3.63) is 33.4 Å². The molecule has 0 bridgehead atoms. The summed E-state index contributed by atoms with van der Waals surface area (Å²) < 4.78 is 1.13. The van der Waals surface area contributed by atoms with Gasteiger partial charge in [0.1, 0.15) is 0 Å². The molecular formula is C13H16INO2. The van der Waals surface area contributed by atoms with E-state index in [1.54, 1.807) is 0 Å². The van der Waals surface area contributed by atoms with Gasteiger partial charge in [0.05, 0.1) is 12.6 Å². The fourth-order valence-corrected chi connectivity index (χ4v) is 2.46. The van der Waals surface area contributed by atoms with Crippen LogP contribution in [0.15, 0.2) is 24.3 Å². The molecule has 1 aliphatic rings. The highest BCUT2D eigenvalue weighted by Gasteiger charge is 2.20. The summed E-state index contributed by atoms with van der Waals surface area (Å²) in [7, 11) is 0. The first kappa shape index (κ1) is 13.0. The van der Waals surface area contributed by atoms with Gasteiger partial charge >= 0.3 is 0 Å². The summed E-state index contributed by atoms with van der Waals surface area (Å²) in [6.45, 7) is 1.95. The van der Waals surface area contributed by atoms with Gasteiger partial charge in [-0.25, -0.2) is 0 Å². The third-order valence-electron chi connectivity index (χ3n) is 3.01. The van der Waals surface area contributed by atoms with E-state index in [9.17, 15) is 9.90 Å². The Bertz CT molecular complexity index is 391. The Labute approximate surface area is 115 Å². The lowest BCUT2D eigenvalue weighted by Gasteiger charge is -2.29. The molecule has 1 unspecified atom stereocenters. The quantitative estimate of drug-likeness (QED) is 0.672. The van der Waals surface area contributed by atoms with Crippen LogP contribution in [0.25, 0.3) is 0 Å². The molecule has 3 nitrogen and oxygen atoms in total. The van der Waals surface area contributed by atoms with Crippen molar-refractivity contribution in [3.63, 3.8) is 0 Å². The first-order valence-corrected chi connectivity index (χ1v) is 6.92.